The molecule has 0 fully saturated rings. The molecule has 0 aliphatic heterocycles. The summed E-state index contributed by atoms with van der Waals surface area (Å²) < 4.78 is 32.3. The monoisotopic (exact) mass is 440 g/mol. The molecule has 31 heavy (non-hydrogen) atoms. The van der Waals surface area contributed by atoms with Crippen LogP contribution in [0.25, 0.3) is 0 Å². The number of aryl methyl sites for hydroxylation is 1. The Bertz CT molecular complexity index is 1180. The van der Waals surface area contributed by atoms with Crippen LogP contribution in [0.15, 0.2) is 71.9 Å². The van der Waals surface area contributed by atoms with E-state index >= 15 is 0 Å². The van der Waals surface area contributed by atoms with Gasteiger partial charge in [-0.3, -0.25) is 4.79 Å². The summed E-state index contributed by atoms with van der Waals surface area (Å²) in [6.45, 7) is 3.23. The molecule has 9 nitrogen and oxygen atoms in total. The molecule has 2 N–H and O–H groups in total. The zero-order chi connectivity index (χ0) is 22.4. The maximum Gasteiger partial charge on any atom is 0.339 e. The molecule has 0 bridgehead atoms. The normalized spacial score (nSPS) is 11.9. The predicted octanol–water partition coefficient (Wildman–Crippen LogP) is 2.77. The highest BCUT2D eigenvalue weighted by Gasteiger charge is 2.21. The first-order chi connectivity index (χ1) is 14.8. The van der Waals surface area contributed by atoms with Crippen LogP contribution in [0.2, 0.25) is 0 Å². The van der Waals surface area contributed by atoms with Gasteiger partial charge in [-0.2, -0.15) is 0 Å². The van der Waals surface area contributed by atoms with Crippen LogP contribution < -0.4 is 10.0 Å². The van der Waals surface area contributed by atoms with Gasteiger partial charge in [-0.1, -0.05) is 18.2 Å². The number of carbonyl (C=O) groups is 2. The Kier molecular flexibility index (Phi) is 6.61. The molecule has 0 saturated heterocycles. The molecule has 1 amide bonds. The third-order valence-corrected chi connectivity index (χ3v) is 5.59. The molecular weight excluding hydrogens is 420 g/mol. The van der Waals surface area contributed by atoms with Gasteiger partial charge in [-0.25, -0.2) is 27.9 Å². The number of nitrogens with one attached hydrogen (secondary N) is 2. The van der Waals surface area contributed by atoms with Gasteiger partial charge < -0.3 is 10.1 Å². The second-order valence-corrected chi connectivity index (χ2v) is 8.24. The highest BCUT2D eigenvalue weighted by Crippen LogP contribution is 2.17. The Morgan fingerprint density at radius 1 is 0.968 bits per heavy atom. The first-order valence-electron chi connectivity index (χ1n) is 9.23. The maximum absolute atomic E-state index is 12.4. The number of amides is 1. The van der Waals surface area contributed by atoms with E-state index in [1.165, 1.54) is 43.6 Å². The zero-order valence-electron chi connectivity index (χ0n) is 16.8. The SMILES string of the molecule is Cc1ccccc1C(=O)O[C@H](C)C(=O)Nc1ccc(S(=O)(=O)Nc2ncccn2)cc1. The van der Waals surface area contributed by atoms with Crippen molar-refractivity contribution in [1.29, 1.82) is 0 Å². The van der Waals surface area contributed by atoms with E-state index in [0.29, 0.717) is 11.3 Å². The molecule has 160 valence electrons. The molecule has 0 spiro atoms. The van der Waals surface area contributed by atoms with Crippen LogP contribution in [-0.2, 0) is 19.6 Å². The lowest BCUT2D eigenvalue weighted by atomic mass is 10.1. The topological polar surface area (TPSA) is 127 Å². The molecular formula is C21H20N4O5S. The van der Waals surface area contributed by atoms with Crippen LogP contribution in [0.3, 0.4) is 0 Å². The van der Waals surface area contributed by atoms with Gasteiger partial charge in [0.05, 0.1) is 10.5 Å². The minimum atomic E-state index is -3.88. The number of benzene rings is 2. The standard InChI is InChI=1S/C21H20N4O5S/c1-14-6-3-4-7-18(14)20(27)30-15(2)19(26)24-16-8-10-17(11-9-16)31(28,29)25-21-22-12-5-13-23-21/h3-13,15H,1-2H3,(H,24,26)(H,22,23,25)/t15-/m1/s1. The Balaban J connectivity index is 1.62. The fraction of sp³-hybridized carbons (Fsp3) is 0.143. The summed E-state index contributed by atoms with van der Waals surface area (Å²) >= 11 is 0. The van der Waals surface area contributed by atoms with Crippen LogP contribution in [-0.4, -0.2) is 36.4 Å². The smallest absolute Gasteiger partial charge is 0.339 e. The zero-order valence-corrected chi connectivity index (χ0v) is 17.6. The Hall–Kier alpha value is -3.79. The molecule has 1 aromatic heterocycles. The van der Waals surface area contributed by atoms with Crippen molar-refractivity contribution in [1.82, 2.24) is 9.97 Å². The Morgan fingerprint density at radius 3 is 2.26 bits per heavy atom. The predicted molar refractivity (Wildman–Crippen MR) is 114 cm³/mol. The first kappa shape index (κ1) is 21.9. The summed E-state index contributed by atoms with van der Waals surface area (Å²) in [6.07, 6.45) is 1.78. The minimum absolute atomic E-state index is 0.0306. The first-order valence-corrected chi connectivity index (χ1v) is 10.7. The van der Waals surface area contributed by atoms with Crippen LogP contribution in [0.1, 0.15) is 22.8 Å². The third-order valence-electron chi connectivity index (χ3n) is 4.24. The van der Waals surface area contributed by atoms with E-state index in [-0.39, 0.29) is 10.8 Å². The average Bonchev–Trinajstić information content (AvgIpc) is 2.74. The quantitative estimate of drug-likeness (QED) is 0.541. The summed E-state index contributed by atoms with van der Waals surface area (Å²) in [5, 5.41) is 2.59. The van der Waals surface area contributed by atoms with Gasteiger partial charge in [-0.15, -0.1) is 0 Å². The number of aromatic nitrogens is 2. The number of anilines is 2. The number of carbonyl (C=O) groups excluding carboxylic acids is 2. The second kappa shape index (κ2) is 9.35. The van der Waals surface area contributed by atoms with Crippen LogP contribution >= 0.6 is 0 Å². The van der Waals surface area contributed by atoms with Crippen molar-refractivity contribution in [2.75, 3.05) is 10.0 Å². The summed E-state index contributed by atoms with van der Waals surface area (Å²) in [6, 6.07) is 14.0. The van der Waals surface area contributed by atoms with Gasteiger partial charge in [0.2, 0.25) is 5.95 Å². The molecule has 0 radical (unpaired) electrons. The number of nitrogens with zero attached hydrogens (tertiary/aromatic N) is 2. The van der Waals surface area contributed by atoms with Crippen molar-refractivity contribution in [2.45, 2.75) is 24.8 Å². The van der Waals surface area contributed by atoms with E-state index in [1.807, 2.05) is 0 Å². The van der Waals surface area contributed by atoms with Crippen LogP contribution in [0, 0.1) is 6.92 Å². The largest absolute Gasteiger partial charge is 0.449 e. The average molecular weight is 440 g/mol. The van der Waals surface area contributed by atoms with Crippen molar-refractivity contribution in [3.05, 3.63) is 78.1 Å². The van der Waals surface area contributed by atoms with Gasteiger partial charge in [-0.05, 0) is 55.8 Å². The van der Waals surface area contributed by atoms with Gasteiger partial charge in [0.25, 0.3) is 15.9 Å². The summed E-state index contributed by atoms with van der Waals surface area (Å²) in [4.78, 5) is 32.2. The van der Waals surface area contributed by atoms with Crippen molar-refractivity contribution in [2.24, 2.45) is 0 Å². The lowest BCUT2D eigenvalue weighted by Gasteiger charge is -2.14. The van der Waals surface area contributed by atoms with E-state index in [1.54, 1.807) is 37.3 Å². The van der Waals surface area contributed by atoms with E-state index in [2.05, 4.69) is 20.0 Å². The molecule has 0 unspecified atom stereocenters. The van der Waals surface area contributed by atoms with E-state index in [4.69, 9.17) is 4.74 Å². The number of hydrogen-bond acceptors (Lipinski definition) is 7. The number of sulfonamides is 1. The fourth-order valence-corrected chi connectivity index (χ4v) is 3.53. The van der Waals surface area contributed by atoms with Crippen molar-refractivity contribution in [3.63, 3.8) is 0 Å². The van der Waals surface area contributed by atoms with Crippen LogP contribution in [0.4, 0.5) is 11.6 Å². The van der Waals surface area contributed by atoms with E-state index in [9.17, 15) is 18.0 Å². The lowest BCUT2D eigenvalue weighted by molar-refractivity contribution is -0.123. The Labute approximate surface area is 179 Å². The summed E-state index contributed by atoms with van der Waals surface area (Å²) in [7, 11) is -3.88. The molecule has 10 heteroatoms. The highest BCUT2D eigenvalue weighted by molar-refractivity contribution is 7.92. The van der Waals surface area contributed by atoms with Gasteiger partial charge >= 0.3 is 5.97 Å². The molecule has 2 aromatic carbocycles. The molecule has 0 saturated carbocycles. The van der Waals surface area contributed by atoms with E-state index < -0.39 is 28.0 Å². The van der Waals surface area contributed by atoms with Crippen molar-refractivity contribution in [3.8, 4) is 0 Å². The third kappa shape index (κ3) is 5.64. The van der Waals surface area contributed by atoms with Crippen LogP contribution in [0.5, 0.6) is 0 Å². The molecule has 0 aliphatic rings. The molecule has 1 atom stereocenters. The highest BCUT2D eigenvalue weighted by atomic mass is 32.2. The lowest BCUT2D eigenvalue weighted by Crippen LogP contribution is -2.30. The van der Waals surface area contributed by atoms with Gasteiger partial charge in [0.15, 0.2) is 6.10 Å². The number of hydrogen-bond donors (Lipinski definition) is 2. The second-order valence-electron chi connectivity index (χ2n) is 6.55. The molecule has 1 heterocycles. The Morgan fingerprint density at radius 2 is 1.61 bits per heavy atom. The van der Waals surface area contributed by atoms with Crippen molar-refractivity contribution < 1.29 is 22.7 Å². The molecule has 3 rings (SSSR count). The number of rotatable bonds is 7. The molecule has 3 aromatic rings. The maximum atomic E-state index is 12.4. The number of ether oxygens (including phenoxy) is 1. The molecule has 0 aliphatic carbocycles. The van der Waals surface area contributed by atoms with E-state index in [0.717, 1.165) is 5.56 Å². The van der Waals surface area contributed by atoms with Gasteiger partial charge in [0, 0.05) is 18.1 Å². The number of esters is 1. The summed E-state index contributed by atoms with van der Waals surface area (Å²) in [5.74, 6) is -1.20. The minimum Gasteiger partial charge on any atom is -0.449 e. The van der Waals surface area contributed by atoms with Gasteiger partial charge in [0.1, 0.15) is 0 Å². The fourth-order valence-electron chi connectivity index (χ4n) is 2.57. The van der Waals surface area contributed by atoms with Crippen molar-refractivity contribution >= 4 is 33.5 Å². The summed E-state index contributed by atoms with van der Waals surface area (Å²) in [5.41, 5.74) is 1.47.